The van der Waals surface area contributed by atoms with E-state index in [9.17, 15) is 13.2 Å². The lowest BCUT2D eigenvalue weighted by Crippen LogP contribution is -2.46. The number of fused-ring (bicyclic) bond motifs is 2. The van der Waals surface area contributed by atoms with Crippen LogP contribution < -0.4 is 9.64 Å². The Bertz CT molecular complexity index is 1190. The van der Waals surface area contributed by atoms with Crippen LogP contribution in [0.4, 0.5) is 5.69 Å². The Morgan fingerprint density at radius 1 is 1.09 bits per heavy atom. The van der Waals surface area contributed by atoms with Gasteiger partial charge in [0.2, 0.25) is 0 Å². The quantitative estimate of drug-likeness (QED) is 0.410. The lowest BCUT2D eigenvalue weighted by molar-refractivity contribution is 0.0600. The number of rotatable bonds is 6. The molecule has 0 atom stereocenters. The van der Waals surface area contributed by atoms with Gasteiger partial charge in [-0.3, -0.25) is 4.90 Å². The fourth-order valence-corrected chi connectivity index (χ4v) is 6.42. The Balaban J connectivity index is 1.62. The van der Waals surface area contributed by atoms with Crippen molar-refractivity contribution in [3.8, 4) is 11.5 Å². The summed E-state index contributed by atoms with van der Waals surface area (Å²) >= 11 is 6.64. The van der Waals surface area contributed by atoms with Gasteiger partial charge in [0.25, 0.3) is 0 Å². The van der Waals surface area contributed by atoms with Gasteiger partial charge >= 0.3 is 5.97 Å². The minimum atomic E-state index is -3.78. The number of esters is 1. The molecule has 0 N–H and O–H groups in total. The number of piperazine rings is 1. The van der Waals surface area contributed by atoms with E-state index in [1.165, 1.54) is 32.4 Å². The molecule has 0 radical (unpaired) electrons. The summed E-state index contributed by atoms with van der Waals surface area (Å²) in [6, 6.07) is 6.60. The molecular formula is C25H31ClN2O5S. The van der Waals surface area contributed by atoms with E-state index >= 15 is 0 Å². The molecule has 0 unspecified atom stereocenters. The maximum atomic E-state index is 13.3. The molecule has 4 rings (SSSR count). The summed E-state index contributed by atoms with van der Waals surface area (Å²) in [4.78, 5) is 16.7. The first-order valence-electron chi connectivity index (χ1n) is 11.7. The average Bonchev–Trinajstić information content (AvgIpc) is 2.93. The van der Waals surface area contributed by atoms with Crippen molar-refractivity contribution in [2.24, 2.45) is 0 Å². The summed E-state index contributed by atoms with van der Waals surface area (Å²) in [6.45, 7) is 8.68. The summed E-state index contributed by atoms with van der Waals surface area (Å²) < 4.78 is 37.6. The van der Waals surface area contributed by atoms with Crippen LogP contribution in [0.25, 0.3) is 0 Å². The summed E-state index contributed by atoms with van der Waals surface area (Å²) in [6.07, 6.45) is 3.68. The zero-order valence-corrected chi connectivity index (χ0v) is 21.5. The Kier molecular flexibility index (Phi) is 7.40. The molecule has 0 amide bonds. The topological polar surface area (TPSA) is 76.2 Å². The molecule has 0 saturated carbocycles. The number of hydrogen-bond acceptors (Lipinski definition) is 7. The summed E-state index contributed by atoms with van der Waals surface area (Å²) in [7, 11) is -2.52. The van der Waals surface area contributed by atoms with Crippen LogP contribution in [0.3, 0.4) is 0 Å². The molecule has 1 saturated heterocycles. The van der Waals surface area contributed by atoms with Crippen molar-refractivity contribution in [1.82, 2.24) is 4.90 Å². The molecule has 0 aliphatic carbocycles. The van der Waals surface area contributed by atoms with E-state index in [1.54, 1.807) is 13.0 Å². The van der Waals surface area contributed by atoms with Crippen LogP contribution in [-0.4, -0.2) is 59.1 Å². The Morgan fingerprint density at radius 3 is 2.50 bits per heavy atom. The third-order valence-electron chi connectivity index (χ3n) is 6.47. The maximum Gasteiger partial charge on any atom is 0.337 e. The molecule has 2 aliphatic rings. The number of carbonyl (C=O) groups excluding carboxylic acids is 1. The molecule has 34 heavy (non-hydrogen) atoms. The van der Waals surface area contributed by atoms with E-state index in [0.29, 0.717) is 21.9 Å². The van der Waals surface area contributed by atoms with Crippen LogP contribution in [0.5, 0.6) is 11.5 Å². The predicted octanol–water partition coefficient (Wildman–Crippen LogP) is 4.83. The molecule has 2 heterocycles. The zero-order chi connectivity index (χ0) is 24.5. The van der Waals surface area contributed by atoms with Gasteiger partial charge < -0.3 is 14.4 Å². The molecule has 2 aliphatic heterocycles. The van der Waals surface area contributed by atoms with Gasteiger partial charge in [-0.05, 0) is 49.7 Å². The number of unbranched alkanes of at least 4 members (excludes halogenated alkanes) is 2. The number of carbonyl (C=O) groups is 1. The van der Waals surface area contributed by atoms with Gasteiger partial charge in [0.15, 0.2) is 9.84 Å². The molecule has 0 aromatic heterocycles. The SMILES string of the molecule is CCCCCN1CCN(c2cc(Cl)c3c(c2)CS(=O)(=O)c2cc(C(=O)OC)cc(C)c2O3)CC1. The van der Waals surface area contributed by atoms with Gasteiger partial charge in [0.1, 0.15) is 16.4 Å². The number of sulfone groups is 1. The molecule has 0 spiro atoms. The smallest absolute Gasteiger partial charge is 0.337 e. The highest BCUT2D eigenvalue weighted by Crippen LogP contribution is 2.45. The van der Waals surface area contributed by atoms with Crippen LogP contribution in [0.1, 0.15) is 47.7 Å². The van der Waals surface area contributed by atoms with Crippen LogP contribution in [0, 0.1) is 6.92 Å². The van der Waals surface area contributed by atoms with E-state index in [2.05, 4.69) is 16.7 Å². The number of anilines is 1. The van der Waals surface area contributed by atoms with E-state index < -0.39 is 15.8 Å². The molecule has 9 heteroatoms. The maximum absolute atomic E-state index is 13.3. The molecule has 0 bridgehead atoms. The molecule has 1 fully saturated rings. The number of nitrogens with zero attached hydrogens (tertiary/aromatic N) is 2. The van der Waals surface area contributed by atoms with Crippen molar-refractivity contribution in [2.45, 2.75) is 43.8 Å². The van der Waals surface area contributed by atoms with Crippen LogP contribution in [0.2, 0.25) is 5.02 Å². The average molecular weight is 507 g/mol. The summed E-state index contributed by atoms with van der Waals surface area (Å²) in [5, 5.41) is 0.373. The number of methoxy groups -OCH3 is 1. The van der Waals surface area contributed by atoms with Gasteiger partial charge in [0.05, 0.1) is 23.4 Å². The second-order valence-corrected chi connectivity index (χ2v) is 11.3. The molecule has 184 valence electrons. The Hall–Kier alpha value is -2.29. The van der Waals surface area contributed by atoms with Crippen molar-refractivity contribution in [1.29, 1.82) is 0 Å². The Morgan fingerprint density at radius 2 is 1.82 bits per heavy atom. The molecule has 2 aromatic rings. The van der Waals surface area contributed by atoms with Gasteiger partial charge in [-0.1, -0.05) is 31.4 Å². The van der Waals surface area contributed by atoms with E-state index in [1.807, 2.05) is 12.1 Å². The summed E-state index contributed by atoms with van der Waals surface area (Å²) in [5.41, 5.74) is 2.10. The van der Waals surface area contributed by atoms with Crippen molar-refractivity contribution in [3.63, 3.8) is 0 Å². The van der Waals surface area contributed by atoms with E-state index in [4.69, 9.17) is 21.1 Å². The van der Waals surface area contributed by atoms with Crippen molar-refractivity contribution < 1.29 is 22.7 Å². The molecular weight excluding hydrogens is 476 g/mol. The first kappa shape index (κ1) is 24.8. The van der Waals surface area contributed by atoms with E-state index in [-0.39, 0.29) is 22.0 Å². The monoisotopic (exact) mass is 506 g/mol. The van der Waals surface area contributed by atoms with E-state index in [0.717, 1.165) is 38.4 Å². The highest BCUT2D eigenvalue weighted by Gasteiger charge is 2.32. The number of ether oxygens (including phenoxy) is 2. The second kappa shape index (κ2) is 10.1. The standard InChI is InChI=1S/C25H31ClN2O5S/c1-4-5-6-7-27-8-10-28(11-9-27)20-13-19-16-34(30,31)22-14-18(25(29)32-3)12-17(2)23(22)33-24(19)21(26)15-20/h12-15H,4-11,16H2,1-3H3. The first-order valence-corrected chi connectivity index (χ1v) is 13.7. The second-order valence-electron chi connectivity index (χ2n) is 8.92. The summed E-state index contributed by atoms with van der Waals surface area (Å²) in [5.74, 6) is -0.317. The van der Waals surface area contributed by atoms with Gasteiger partial charge in [-0.25, -0.2) is 13.2 Å². The third kappa shape index (κ3) is 5.04. The van der Waals surface area contributed by atoms with Gasteiger partial charge in [-0.2, -0.15) is 0 Å². The van der Waals surface area contributed by atoms with Crippen LogP contribution in [-0.2, 0) is 20.3 Å². The number of hydrogen-bond donors (Lipinski definition) is 0. The zero-order valence-electron chi connectivity index (χ0n) is 19.9. The van der Waals surface area contributed by atoms with Gasteiger partial charge in [-0.15, -0.1) is 0 Å². The van der Waals surface area contributed by atoms with Crippen LogP contribution >= 0.6 is 11.6 Å². The number of benzene rings is 2. The largest absolute Gasteiger partial charge is 0.465 e. The highest BCUT2D eigenvalue weighted by atomic mass is 35.5. The fraction of sp³-hybridized carbons (Fsp3) is 0.480. The minimum absolute atomic E-state index is 0.0255. The van der Waals surface area contributed by atoms with Crippen LogP contribution in [0.15, 0.2) is 29.2 Å². The lowest BCUT2D eigenvalue weighted by Gasteiger charge is -2.36. The molecule has 2 aromatic carbocycles. The fourth-order valence-electron chi connectivity index (χ4n) is 4.58. The Labute approximate surface area is 206 Å². The number of aryl methyl sites for hydroxylation is 1. The number of halogens is 1. The van der Waals surface area contributed by atoms with Crippen molar-refractivity contribution >= 4 is 33.1 Å². The normalized spacial score (nSPS) is 17.4. The predicted molar refractivity (Wildman–Crippen MR) is 133 cm³/mol. The first-order chi connectivity index (χ1) is 16.2. The minimum Gasteiger partial charge on any atom is -0.465 e. The van der Waals surface area contributed by atoms with Crippen molar-refractivity contribution in [3.05, 3.63) is 46.0 Å². The molecule has 7 nitrogen and oxygen atoms in total. The van der Waals surface area contributed by atoms with Gasteiger partial charge in [0, 0.05) is 37.4 Å². The third-order valence-corrected chi connectivity index (χ3v) is 8.41. The highest BCUT2D eigenvalue weighted by molar-refractivity contribution is 7.90. The lowest BCUT2D eigenvalue weighted by atomic mass is 10.1. The van der Waals surface area contributed by atoms with Crippen molar-refractivity contribution in [2.75, 3.05) is 44.7 Å².